The van der Waals surface area contributed by atoms with E-state index in [9.17, 15) is 4.79 Å². The van der Waals surface area contributed by atoms with E-state index < -0.39 is 6.04 Å². The molecule has 236 valence electrons. The lowest BCUT2D eigenvalue weighted by Crippen LogP contribution is -2.39. The van der Waals surface area contributed by atoms with Gasteiger partial charge in [0.2, 0.25) is 0 Å². The quantitative estimate of drug-likeness (QED) is 0.113. The highest BCUT2D eigenvalue weighted by Gasteiger charge is 2.25. The summed E-state index contributed by atoms with van der Waals surface area (Å²) in [6.07, 6.45) is 6.93. The molecule has 0 aromatic heterocycles. The summed E-state index contributed by atoms with van der Waals surface area (Å²) < 4.78 is 28.0. The lowest BCUT2D eigenvalue weighted by molar-refractivity contribution is -0.115. The number of rotatable bonds is 18. The highest BCUT2D eigenvalue weighted by atomic mass is 16.7. The van der Waals surface area contributed by atoms with Crippen LogP contribution >= 0.6 is 0 Å². The van der Waals surface area contributed by atoms with Crippen LogP contribution in [0.1, 0.15) is 48.5 Å². The number of piperidine rings is 1. The monoisotopic (exact) mass is 602 g/mol. The van der Waals surface area contributed by atoms with E-state index in [4.69, 9.17) is 29.4 Å². The zero-order chi connectivity index (χ0) is 31.0. The van der Waals surface area contributed by atoms with Crippen LogP contribution in [0.2, 0.25) is 0 Å². The van der Waals surface area contributed by atoms with Gasteiger partial charge < -0.3 is 34.3 Å². The topological polar surface area (TPSA) is 92.5 Å². The lowest BCUT2D eigenvalue weighted by atomic mass is 10.00. The molecule has 1 fully saturated rings. The maximum Gasteiger partial charge on any atom is 0.189 e. The molecule has 0 saturated carbocycles. The molecule has 1 atom stereocenters. The Kier molecular flexibility index (Phi) is 13.9. The van der Waals surface area contributed by atoms with Gasteiger partial charge in [-0.1, -0.05) is 72.8 Å². The zero-order valence-electron chi connectivity index (χ0n) is 25.9. The molecule has 1 saturated heterocycles. The number of hydrogen-bond donors (Lipinski definition) is 1. The van der Waals surface area contributed by atoms with Crippen molar-refractivity contribution in [1.29, 1.82) is 0 Å². The molecular weight excluding hydrogens is 556 g/mol. The molecule has 4 rings (SSSR count). The summed E-state index contributed by atoms with van der Waals surface area (Å²) in [7, 11) is 3.19. The van der Waals surface area contributed by atoms with Crippen LogP contribution < -0.4 is 15.2 Å². The largest absolute Gasteiger partial charge is 0.493 e. The number of hydrogen-bond acceptors (Lipinski definition) is 8. The predicted octanol–water partition coefficient (Wildman–Crippen LogP) is 5.65. The van der Waals surface area contributed by atoms with Crippen LogP contribution in [0.25, 0.3) is 6.08 Å². The molecule has 8 nitrogen and oxygen atoms in total. The summed E-state index contributed by atoms with van der Waals surface area (Å²) in [5.74, 6) is 1.03. The molecule has 0 spiro atoms. The molecule has 3 aromatic rings. The Hall–Kier alpha value is -3.53. The third kappa shape index (κ3) is 10.6. The molecule has 1 aliphatic heterocycles. The van der Waals surface area contributed by atoms with Crippen LogP contribution in [-0.2, 0) is 19.0 Å². The van der Waals surface area contributed by atoms with E-state index in [2.05, 4.69) is 53.4 Å². The molecule has 2 N–H and O–H groups in total. The number of carbonyl (C=O) groups excluding carboxylic acids is 1. The number of likely N-dealkylation sites (tertiary alicyclic amines) is 1. The Morgan fingerprint density at radius 1 is 0.932 bits per heavy atom. The SMILES string of the molecule is COCCOCOc1ccc(C=CC(=O)C(N)CCCN2CCC(OC(c3ccccc3)c3ccccc3)CC2)cc1OC. The summed E-state index contributed by atoms with van der Waals surface area (Å²) in [6, 6.07) is 25.8. The fourth-order valence-electron chi connectivity index (χ4n) is 5.26. The van der Waals surface area contributed by atoms with Crippen molar-refractivity contribution >= 4 is 11.9 Å². The van der Waals surface area contributed by atoms with E-state index in [1.165, 1.54) is 11.1 Å². The van der Waals surface area contributed by atoms with Crippen LogP contribution in [0.15, 0.2) is 84.9 Å². The van der Waals surface area contributed by atoms with Crippen molar-refractivity contribution < 1.29 is 28.5 Å². The summed E-state index contributed by atoms with van der Waals surface area (Å²) in [6.45, 7) is 3.92. The van der Waals surface area contributed by atoms with Crippen LogP contribution in [0.5, 0.6) is 11.5 Å². The van der Waals surface area contributed by atoms with Crippen molar-refractivity contribution in [3.05, 3.63) is 102 Å². The number of methoxy groups -OCH3 is 2. The van der Waals surface area contributed by atoms with Gasteiger partial charge in [0.25, 0.3) is 0 Å². The van der Waals surface area contributed by atoms with Gasteiger partial charge in [-0.15, -0.1) is 0 Å². The predicted molar refractivity (Wildman–Crippen MR) is 173 cm³/mol. The maximum absolute atomic E-state index is 12.7. The fraction of sp³-hybridized carbons (Fsp3) is 0.417. The van der Waals surface area contributed by atoms with Crippen molar-refractivity contribution in [2.45, 2.75) is 43.9 Å². The van der Waals surface area contributed by atoms with Crippen LogP contribution in [0.3, 0.4) is 0 Å². The van der Waals surface area contributed by atoms with E-state index in [1.54, 1.807) is 32.4 Å². The molecular formula is C36H46N2O6. The van der Waals surface area contributed by atoms with Crippen molar-refractivity contribution in [2.24, 2.45) is 5.73 Å². The third-order valence-electron chi connectivity index (χ3n) is 7.78. The van der Waals surface area contributed by atoms with Gasteiger partial charge in [0, 0.05) is 20.2 Å². The number of ketones is 1. The van der Waals surface area contributed by atoms with Gasteiger partial charge in [0.15, 0.2) is 24.1 Å². The summed E-state index contributed by atoms with van der Waals surface area (Å²) >= 11 is 0. The molecule has 0 bridgehead atoms. The highest BCUT2D eigenvalue weighted by molar-refractivity contribution is 5.97. The molecule has 1 unspecified atom stereocenters. The van der Waals surface area contributed by atoms with Gasteiger partial charge in [-0.3, -0.25) is 4.79 Å². The summed E-state index contributed by atoms with van der Waals surface area (Å²) in [5.41, 5.74) is 9.43. The molecule has 0 amide bonds. The molecule has 44 heavy (non-hydrogen) atoms. The maximum atomic E-state index is 12.7. The van der Waals surface area contributed by atoms with Gasteiger partial charge in [0.05, 0.1) is 32.5 Å². The minimum atomic E-state index is -0.529. The Bertz CT molecular complexity index is 1240. The van der Waals surface area contributed by atoms with E-state index >= 15 is 0 Å². The van der Waals surface area contributed by atoms with Crippen molar-refractivity contribution in [2.75, 3.05) is 53.9 Å². The van der Waals surface area contributed by atoms with E-state index in [0.29, 0.717) is 31.1 Å². The Balaban J connectivity index is 1.17. The van der Waals surface area contributed by atoms with Gasteiger partial charge in [0.1, 0.15) is 6.10 Å². The second-order valence-corrected chi connectivity index (χ2v) is 10.9. The number of carbonyl (C=O) groups is 1. The summed E-state index contributed by atoms with van der Waals surface area (Å²) in [5, 5.41) is 0. The van der Waals surface area contributed by atoms with Crippen LogP contribution in [-0.4, -0.2) is 76.7 Å². The smallest absolute Gasteiger partial charge is 0.189 e. The average molecular weight is 603 g/mol. The highest BCUT2D eigenvalue weighted by Crippen LogP contribution is 2.30. The standard InChI is InChI=1S/C36H46N2O6/c1-40-24-25-42-27-43-34-18-16-28(26-35(34)41-2)15-17-33(39)32(37)14-9-21-38-22-19-31(20-23-38)44-36(29-10-5-3-6-11-29)30-12-7-4-8-13-30/h3-8,10-13,15-18,26,31-32,36H,9,14,19-25,27,37H2,1-2H3. The minimum absolute atomic E-state index is 0.0655. The molecule has 1 aliphatic rings. The number of benzene rings is 3. The molecule has 3 aromatic carbocycles. The van der Waals surface area contributed by atoms with E-state index in [-0.39, 0.29) is 24.8 Å². The number of nitrogens with two attached hydrogens (primary N) is 1. The first-order chi connectivity index (χ1) is 21.6. The average Bonchev–Trinajstić information content (AvgIpc) is 3.07. The van der Waals surface area contributed by atoms with Crippen molar-refractivity contribution in [3.8, 4) is 11.5 Å². The minimum Gasteiger partial charge on any atom is -0.493 e. The molecule has 0 aliphatic carbocycles. The Morgan fingerprint density at radius 2 is 1.61 bits per heavy atom. The van der Waals surface area contributed by atoms with E-state index in [0.717, 1.165) is 44.5 Å². The Morgan fingerprint density at radius 3 is 2.25 bits per heavy atom. The zero-order valence-corrected chi connectivity index (χ0v) is 25.9. The first kappa shape index (κ1) is 33.4. The summed E-state index contributed by atoms with van der Waals surface area (Å²) in [4.78, 5) is 15.2. The van der Waals surface area contributed by atoms with Gasteiger partial charge in [-0.25, -0.2) is 0 Å². The lowest BCUT2D eigenvalue weighted by Gasteiger charge is -2.34. The first-order valence-electron chi connectivity index (χ1n) is 15.4. The van der Waals surface area contributed by atoms with E-state index in [1.807, 2.05) is 24.3 Å². The first-order valence-corrected chi connectivity index (χ1v) is 15.4. The third-order valence-corrected chi connectivity index (χ3v) is 7.78. The fourth-order valence-corrected chi connectivity index (χ4v) is 5.26. The molecule has 8 heteroatoms. The second-order valence-electron chi connectivity index (χ2n) is 10.9. The van der Waals surface area contributed by atoms with Crippen LogP contribution in [0.4, 0.5) is 0 Å². The van der Waals surface area contributed by atoms with Crippen molar-refractivity contribution in [3.63, 3.8) is 0 Å². The van der Waals surface area contributed by atoms with Gasteiger partial charge >= 0.3 is 0 Å². The molecule has 0 radical (unpaired) electrons. The second kappa shape index (κ2) is 18.3. The normalized spacial score (nSPS) is 15.1. The molecule has 1 heterocycles. The van der Waals surface area contributed by atoms with Crippen molar-refractivity contribution in [1.82, 2.24) is 4.90 Å². The van der Waals surface area contributed by atoms with Crippen LogP contribution in [0, 0.1) is 0 Å². The number of nitrogens with zero attached hydrogens (tertiary/aromatic N) is 1. The van der Waals surface area contributed by atoms with Gasteiger partial charge in [-0.05, 0) is 67.1 Å². The Labute approximate surface area is 261 Å². The van der Waals surface area contributed by atoms with Gasteiger partial charge in [-0.2, -0.15) is 0 Å². The number of ether oxygens (including phenoxy) is 5.